The number of benzene rings is 3. The molecule has 0 amide bonds. The maximum absolute atomic E-state index is 5.58. The predicted octanol–water partition coefficient (Wildman–Crippen LogP) is 6.86. The highest BCUT2D eigenvalue weighted by Gasteiger charge is 2.22. The van der Waals surface area contributed by atoms with E-state index in [9.17, 15) is 0 Å². The molecule has 3 aromatic rings. The van der Waals surface area contributed by atoms with Crippen LogP contribution < -0.4 is 19.4 Å². The molecule has 0 saturated carbocycles. The molecule has 0 unspecified atom stereocenters. The highest BCUT2D eigenvalue weighted by Crippen LogP contribution is 2.45. The minimum atomic E-state index is 0.871. The van der Waals surface area contributed by atoms with Gasteiger partial charge in [-0.25, -0.2) is 0 Å². The topological polar surface area (TPSA) is 19.0 Å². The summed E-state index contributed by atoms with van der Waals surface area (Å²) in [5, 5.41) is 0. The van der Waals surface area contributed by atoms with E-state index in [1.807, 2.05) is 0 Å². The first-order valence-corrected chi connectivity index (χ1v) is 11.3. The van der Waals surface area contributed by atoms with Gasteiger partial charge in [0.05, 0.1) is 29.9 Å². The fraction of sp³-hybridized carbons (Fsp3) is 0.333. The first kappa shape index (κ1) is 22.5. The van der Waals surface area contributed by atoms with Gasteiger partial charge in [-0.1, -0.05) is 30.3 Å². The summed E-state index contributed by atoms with van der Waals surface area (Å²) in [6.07, 6.45) is 0. The lowest BCUT2D eigenvalue weighted by Crippen LogP contribution is -2.26. The largest absolute Gasteiger partial charge is 0.497 e. The van der Waals surface area contributed by atoms with Gasteiger partial charge in [0.1, 0.15) is 5.75 Å². The van der Waals surface area contributed by atoms with Crippen LogP contribution in [-0.4, -0.2) is 33.3 Å². The van der Waals surface area contributed by atoms with Crippen LogP contribution in [0.4, 0.5) is 28.4 Å². The van der Waals surface area contributed by atoms with Crippen LogP contribution in [0.2, 0.25) is 0 Å². The summed E-state index contributed by atoms with van der Waals surface area (Å²) >= 11 is 0. The van der Waals surface area contributed by atoms with Crippen LogP contribution >= 0.6 is 0 Å². The first-order chi connectivity index (χ1) is 15.2. The van der Waals surface area contributed by atoms with Crippen molar-refractivity contribution in [2.75, 3.05) is 48.0 Å². The quantitative estimate of drug-likeness (QED) is 0.359. The van der Waals surface area contributed by atoms with E-state index in [1.165, 1.54) is 17.1 Å². The summed E-state index contributed by atoms with van der Waals surface area (Å²) in [5.74, 6) is 0.871. The van der Waals surface area contributed by atoms with E-state index in [4.69, 9.17) is 4.74 Å². The Bertz CT molecular complexity index is 950. The number of anilines is 5. The molecule has 0 saturated heterocycles. The zero-order chi connectivity index (χ0) is 22.2. The van der Waals surface area contributed by atoms with Gasteiger partial charge >= 0.3 is 0 Å². The molecule has 0 N–H and O–H groups in total. The van der Waals surface area contributed by atoms with Gasteiger partial charge in [-0.2, -0.15) is 0 Å². The lowest BCUT2D eigenvalue weighted by Gasteiger charge is -2.35. The first-order valence-electron chi connectivity index (χ1n) is 11.3. The van der Waals surface area contributed by atoms with Gasteiger partial charge < -0.3 is 19.4 Å². The summed E-state index contributed by atoms with van der Waals surface area (Å²) in [7, 11) is 1.73. The molecule has 164 valence electrons. The van der Waals surface area contributed by atoms with Crippen molar-refractivity contribution in [2.45, 2.75) is 27.7 Å². The Labute approximate surface area is 187 Å². The van der Waals surface area contributed by atoms with Crippen molar-refractivity contribution < 1.29 is 4.74 Å². The lowest BCUT2D eigenvalue weighted by molar-refractivity contribution is 0.415. The molecule has 4 heteroatoms. The molecule has 0 aliphatic rings. The smallest absolute Gasteiger partial charge is 0.121 e. The highest BCUT2D eigenvalue weighted by atomic mass is 16.5. The second kappa shape index (κ2) is 10.8. The summed E-state index contributed by atoms with van der Waals surface area (Å²) in [5.41, 5.74) is 5.87. The van der Waals surface area contributed by atoms with E-state index >= 15 is 0 Å². The molecule has 3 rings (SSSR count). The van der Waals surface area contributed by atoms with Crippen LogP contribution in [0.25, 0.3) is 0 Å². The van der Waals surface area contributed by atoms with Gasteiger partial charge in [0.15, 0.2) is 0 Å². The van der Waals surface area contributed by atoms with Gasteiger partial charge in [0.2, 0.25) is 0 Å². The van der Waals surface area contributed by atoms with Crippen LogP contribution in [0.3, 0.4) is 0 Å². The molecule has 0 bridgehead atoms. The highest BCUT2D eigenvalue weighted by molar-refractivity contribution is 5.90. The van der Waals surface area contributed by atoms with E-state index in [2.05, 4.69) is 115 Å². The molecule has 4 nitrogen and oxygen atoms in total. The molecule has 0 radical (unpaired) electrons. The maximum Gasteiger partial charge on any atom is 0.121 e. The summed E-state index contributed by atoms with van der Waals surface area (Å²) in [4.78, 5) is 7.17. The van der Waals surface area contributed by atoms with Crippen molar-refractivity contribution in [3.63, 3.8) is 0 Å². The fourth-order valence-electron chi connectivity index (χ4n) is 4.11. The average molecular weight is 418 g/mol. The van der Waals surface area contributed by atoms with Crippen LogP contribution in [-0.2, 0) is 0 Å². The van der Waals surface area contributed by atoms with Crippen molar-refractivity contribution >= 4 is 28.4 Å². The summed E-state index contributed by atoms with van der Waals surface area (Å²) in [6, 6.07) is 25.7. The lowest BCUT2D eigenvalue weighted by atomic mass is 10.1. The number of para-hydroxylation sites is 3. The minimum absolute atomic E-state index is 0.871. The van der Waals surface area contributed by atoms with Crippen LogP contribution in [0, 0.1) is 0 Å². The minimum Gasteiger partial charge on any atom is -0.497 e. The van der Waals surface area contributed by atoms with E-state index in [-0.39, 0.29) is 0 Å². The molecule has 3 aromatic carbocycles. The SMILES string of the molecule is CCN(CC)c1ccccc1N(c1ccccc1)c1ccc(OC)cc1N(CC)CC. The third-order valence-corrected chi connectivity index (χ3v) is 5.77. The van der Waals surface area contributed by atoms with E-state index in [0.717, 1.165) is 43.3 Å². The Morgan fingerprint density at radius 2 is 1.10 bits per heavy atom. The Hall–Kier alpha value is -3.14. The molecule has 0 aliphatic carbocycles. The third kappa shape index (κ3) is 4.79. The molecule has 0 heterocycles. The number of rotatable bonds is 10. The molecule has 0 spiro atoms. The maximum atomic E-state index is 5.58. The Morgan fingerprint density at radius 1 is 0.581 bits per heavy atom. The van der Waals surface area contributed by atoms with Crippen molar-refractivity contribution in [1.29, 1.82) is 0 Å². The van der Waals surface area contributed by atoms with Gasteiger partial charge in [-0.05, 0) is 64.1 Å². The second-order valence-electron chi connectivity index (χ2n) is 7.36. The zero-order valence-electron chi connectivity index (χ0n) is 19.5. The number of hydrogen-bond donors (Lipinski definition) is 0. The third-order valence-electron chi connectivity index (χ3n) is 5.77. The Morgan fingerprint density at radius 3 is 1.68 bits per heavy atom. The molecular weight excluding hydrogens is 382 g/mol. The van der Waals surface area contributed by atoms with E-state index in [1.54, 1.807) is 7.11 Å². The molecule has 31 heavy (non-hydrogen) atoms. The van der Waals surface area contributed by atoms with Gasteiger partial charge in [0.25, 0.3) is 0 Å². The van der Waals surface area contributed by atoms with Gasteiger partial charge in [-0.15, -0.1) is 0 Å². The summed E-state index contributed by atoms with van der Waals surface area (Å²) in [6.45, 7) is 12.6. The van der Waals surface area contributed by atoms with Gasteiger partial charge in [0, 0.05) is 37.9 Å². The van der Waals surface area contributed by atoms with Crippen molar-refractivity contribution in [2.24, 2.45) is 0 Å². The van der Waals surface area contributed by atoms with Crippen LogP contribution in [0.1, 0.15) is 27.7 Å². The molecular formula is C27H35N3O. The molecule has 0 atom stereocenters. The van der Waals surface area contributed by atoms with Crippen LogP contribution in [0.5, 0.6) is 5.75 Å². The second-order valence-corrected chi connectivity index (χ2v) is 7.36. The predicted molar refractivity (Wildman–Crippen MR) is 135 cm³/mol. The van der Waals surface area contributed by atoms with Gasteiger partial charge in [-0.3, -0.25) is 0 Å². The summed E-state index contributed by atoms with van der Waals surface area (Å²) < 4.78 is 5.58. The molecule has 0 aromatic heterocycles. The van der Waals surface area contributed by atoms with E-state index in [0.29, 0.717) is 0 Å². The monoisotopic (exact) mass is 417 g/mol. The Kier molecular flexibility index (Phi) is 7.82. The van der Waals surface area contributed by atoms with Crippen molar-refractivity contribution in [1.82, 2.24) is 0 Å². The zero-order valence-corrected chi connectivity index (χ0v) is 19.5. The number of nitrogens with zero attached hydrogens (tertiary/aromatic N) is 3. The molecule has 0 aliphatic heterocycles. The van der Waals surface area contributed by atoms with Crippen LogP contribution in [0.15, 0.2) is 72.8 Å². The fourth-order valence-corrected chi connectivity index (χ4v) is 4.11. The van der Waals surface area contributed by atoms with E-state index < -0.39 is 0 Å². The Balaban J connectivity index is 2.30. The van der Waals surface area contributed by atoms with Crippen molar-refractivity contribution in [3.8, 4) is 5.75 Å². The number of methoxy groups -OCH3 is 1. The molecule has 0 fully saturated rings. The standard InChI is InChI=1S/C27H35N3O/c1-6-28(7-2)24-17-13-14-18-25(24)30(22-15-11-10-12-16-22)26-20-19-23(31-5)21-27(26)29(8-3)9-4/h10-21H,6-9H2,1-5H3. The van der Waals surface area contributed by atoms with Crippen molar-refractivity contribution in [3.05, 3.63) is 72.8 Å². The number of ether oxygens (including phenoxy) is 1. The average Bonchev–Trinajstić information content (AvgIpc) is 2.83. The normalized spacial score (nSPS) is 10.6. The number of hydrogen-bond acceptors (Lipinski definition) is 4.